The van der Waals surface area contributed by atoms with E-state index in [0.29, 0.717) is 19.6 Å². The molecule has 1 amide bonds. The number of amides is 1. The smallest absolute Gasteiger partial charge is 0.226 e. The fourth-order valence-electron chi connectivity index (χ4n) is 2.11. The first-order valence-corrected chi connectivity index (χ1v) is 8.16. The molecule has 106 valence electrons. The second-order valence-electron chi connectivity index (χ2n) is 5.05. The summed E-state index contributed by atoms with van der Waals surface area (Å²) in [5.74, 6) is 0.107. The van der Waals surface area contributed by atoms with E-state index in [9.17, 15) is 13.2 Å². The van der Waals surface area contributed by atoms with E-state index in [0.717, 1.165) is 25.6 Å². The number of piperidine rings is 1. The van der Waals surface area contributed by atoms with E-state index in [1.165, 1.54) is 0 Å². The molecule has 1 saturated heterocycles. The number of hydrogen-bond donors (Lipinski definition) is 2. The van der Waals surface area contributed by atoms with Crippen molar-refractivity contribution in [3.8, 4) is 0 Å². The molecule has 6 nitrogen and oxygen atoms in total. The van der Waals surface area contributed by atoms with Gasteiger partial charge in [0.15, 0.2) is 0 Å². The molecule has 0 aliphatic carbocycles. The van der Waals surface area contributed by atoms with Crippen molar-refractivity contribution in [1.82, 2.24) is 9.62 Å². The van der Waals surface area contributed by atoms with Gasteiger partial charge in [0, 0.05) is 32.1 Å². The number of hydrogen-bond acceptors (Lipinski definition) is 4. The predicted octanol–water partition coefficient (Wildman–Crippen LogP) is -0.631. The highest BCUT2D eigenvalue weighted by Gasteiger charge is 2.26. The molecule has 18 heavy (non-hydrogen) atoms. The second kappa shape index (κ2) is 6.49. The van der Waals surface area contributed by atoms with E-state index in [-0.39, 0.29) is 17.7 Å². The van der Waals surface area contributed by atoms with Crippen LogP contribution in [0.15, 0.2) is 0 Å². The normalized spacial score (nSPS) is 22.8. The number of nitrogens with zero attached hydrogens (tertiary/aromatic N) is 1. The molecule has 1 rings (SSSR count). The molecule has 1 aliphatic heterocycles. The van der Waals surface area contributed by atoms with Crippen molar-refractivity contribution in [2.24, 2.45) is 17.6 Å². The lowest BCUT2D eigenvalue weighted by Gasteiger charge is -2.34. The number of nitrogens with one attached hydrogen (secondary N) is 1. The van der Waals surface area contributed by atoms with Crippen LogP contribution in [0.2, 0.25) is 0 Å². The topological polar surface area (TPSA) is 92.5 Å². The van der Waals surface area contributed by atoms with Crippen molar-refractivity contribution < 1.29 is 13.2 Å². The van der Waals surface area contributed by atoms with E-state index < -0.39 is 10.0 Å². The van der Waals surface area contributed by atoms with Gasteiger partial charge in [0.05, 0.1) is 6.26 Å². The monoisotopic (exact) mass is 277 g/mol. The standard InChI is InChI=1S/C11H23N3O3S/c1-9(6-12)11(15)14-5-3-4-10(8-14)7-13-18(2,16)17/h9-10,13H,3-8,12H2,1-2H3. The molecule has 1 fully saturated rings. The van der Waals surface area contributed by atoms with Crippen molar-refractivity contribution >= 4 is 15.9 Å². The van der Waals surface area contributed by atoms with Crippen molar-refractivity contribution in [2.75, 3.05) is 32.4 Å². The second-order valence-corrected chi connectivity index (χ2v) is 6.88. The highest BCUT2D eigenvalue weighted by atomic mass is 32.2. The zero-order chi connectivity index (χ0) is 13.8. The Morgan fingerprint density at radius 3 is 2.78 bits per heavy atom. The number of carbonyl (C=O) groups is 1. The molecule has 2 unspecified atom stereocenters. The summed E-state index contributed by atoms with van der Waals surface area (Å²) in [5, 5.41) is 0. The average Bonchev–Trinajstić information content (AvgIpc) is 2.34. The Hall–Kier alpha value is -0.660. The highest BCUT2D eigenvalue weighted by molar-refractivity contribution is 7.88. The van der Waals surface area contributed by atoms with Gasteiger partial charge in [0.1, 0.15) is 0 Å². The zero-order valence-electron chi connectivity index (χ0n) is 11.1. The summed E-state index contributed by atoms with van der Waals surface area (Å²) in [5.41, 5.74) is 5.49. The Kier molecular flexibility index (Phi) is 5.55. The molecular weight excluding hydrogens is 254 g/mol. The molecule has 1 aliphatic rings. The van der Waals surface area contributed by atoms with Crippen molar-refractivity contribution in [2.45, 2.75) is 19.8 Å². The summed E-state index contributed by atoms with van der Waals surface area (Å²) in [6, 6.07) is 0. The van der Waals surface area contributed by atoms with E-state index in [4.69, 9.17) is 5.73 Å². The van der Waals surface area contributed by atoms with Crippen LogP contribution in [0.5, 0.6) is 0 Å². The molecule has 0 aromatic heterocycles. The van der Waals surface area contributed by atoms with E-state index in [1.807, 2.05) is 6.92 Å². The molecule has 3 N–H and O–H groups in total. The summed E-state index contributed by atoms with van der Waals surface area (Å²) < 4.78 is 24.6. The maximum absolute atomic E-state index is 12.0. The summed E-state index contributed by atoms with van der Waals surface area (Å²) in [6.07, 6.45) is 3.01. The number of sulfonamides is 1. The fourth-order valence-corrected chi connectivity index (χ4v) is 2.65. The van der Waals surface area contributed by atoms with Gasteiger partial charge in [-0.15, -0.1) is 0 Å². The third-order valence-electron chi connectivity index (χ3n) is 3.24. The third kappa shape index (κ3) is 4.91. The van der Waals surface area contributed by atoms with Gasteiger partial charge in [-0.3, -0.25) is 4.79 Å². The van der Waals surface area contributed by atoms with Crippen LogP contribution in [0.1, 0.15) is 19.8 Å². The Balaban J connectivity index is 2.48. The molecule has 0 radical (unpaired) electrons. The van der Waals surface area contributed by atoms with Crippen LogP contribution in [0.3, 0.4) is 0 Å². The largest absolute Gasteiger partial charge is 0.342 e. The lowest BCUT2D eigenvalue weighted by molar-refractivity contribution is -0.136. The zero-order valence-corrected chi connectivity index (χ0v) is 11.9. The van der Waals surface area contributed by atoms with Crippen molar-refractivity contribution in [3.63, 3.8) is 0 Å². The van der Waals surface area contributed by atoms with Crippen LogP contribution in [0.4, 0.5) is 0 Å². The van der Waals surface area contributed by atoms with Gasteiger partial charge in [-0.1, -0.05) is 6.92 Å². The van der Waals surface area contributed by atoms with Gasteiger partial charge >= 0.3 is 0 Å². The summed E-state index contributed by atoms with van der Waals surface area (Å²) in [7, 11) is -3.16. The minimum absolute atomic E-state index is 0.0709. The van der Waals surface area contributed by atoms with Gasteiger partial charge in [-0.05, 0) is 18.8 Å². The highest BCUT2D eigenvalue weighted by Crippen LogP contribution is 2.17. The molecule has 0 saturated carbocycles. The Morgan fingerprint density at radius 1 is 1.56 bits per heavy atom. The molecule has 0 aromatic rings. The first-order chi connectivity index (χ1) is 8.33. The molecule has 2 atom stereocenters. The molecule has 0 aromatic carbocycles. The first-order valence-electron chi connectivity index (χ1n) is 6.27. The Labute approximate surface area is 109 Å². The predicted molar refractivity (Wildman–Crippen MR) is 70.4 cm³/mol. The van der Waals surface area contributed by atoms with Crippen molar-refractivity contribution in [3.05, 3.63) is 0 Å². The number of likely N-dealkylation sites (tertiary alicyclic amines) is 1. The van der Waals surface area contributed by atoms with Crippen LogP contribution in [0.25, 0.3) is 0 Å². The molecule has 0 bridgehead atoms. The molecule has 1 heterocycles. The minimum Gasteiger partial charge on any atom is -0.342 e. The van der Waals surface area contributed by atoms with Gasteiger partial charge in [-0.2, -0.15) is 0 Å². The minimum atomic E-state index is -3.16. The SMILES string of the molecule is CC(CN)C(=O)N1CCCC(CNS(C)(=O)=O)C1. The van der Waals surface area contributed by atoms with E-state index in [2.05, 4.69) is 4.72 Å². The number of carbonyl (C=O) groups excluding carboxylic acids is 1. The average molecular weight is 277 g/mol. The first kappa shape index (κ1) is 15.4. The van der Waals surface area contributed by atoms with E-state index >= 15 is 0 Å². The maximum Gasteiger partial charge on any atom is 0.226 e. The van der Waals surface area contributed by atoms with Crippen LogP contribution < -0.4 is 10.5 Å². The number of rotatable bonds is 5. The Morgan fingerprint density at radius 2 is 2.22 bits per heavy atom. The quantitative estimate of drug-likeness (QED) is 0.700. The molecule has 0 spiro atoms. The van der Waals surface area contributed by atoms with Gasteiger partial charge in [-0.25, -0.2) is 13.1 Å². The summed E-state index contributed by atoms with van der Waals surface area (Å²) in [4.78, 5) is 13.8. The van der Waals surface area contributed by atoms with Gasteiger partial charge < -0.3 is 10.6 Å². The Bertz CT molecular complexity index is 383. The van der Waals surface area contributed by atoms with Crippen LogP contribution in [0, 0.1) is 11.8 Å². The van der Waals surface area contributed by atoms with Crippen molar-refractivity contribution in [1.29, 1.82) is 0 Å². The van der Waals surface area contributed by atoms with E-state index in [1.54, 1.807) is 4.90 Å². The van der Waals surface area contributed by atoms with Gasteiger partial charge in [0.25, 0.3) is 0 Å². The van der Waals surface area contributed by atoms with Crippen LogP contribution >= 0.6 is 0 Å². The summed E-state index contributed by atoms with van der Waals surface area (Å²) >= 11 is 0. The third-order valence-corrected chi connectivity index (χ3v) is 3.93. The lowest BCUT2D eigenvalue weighted by atomic mass is 9.97. The fraction of sp³-hybridized carbons (Fsp3) is 0.909. The molecule has 7 heteroatoms. The van der Waals surface area contributed by atoms with Crippen LogP contribution in [-0.2, 0) is 14.8 Å². The van der Waals surface area contributed by atoms with Crippen LogP contribution in [-0.4, -0.2) is 51.7 Å². The summed E-state index contributed by atoms with van der Waals surface area (Å²) in [6.45, 7) is 3.94. The number of nitrogens with two attached hydrogens (primary N) is 1. The van der Waals surface area contributed by atoms with Gasteiger partial charge in [0.2, 0.25) is 15.9 Å². The maximum atomic E-state index is 12.0. The molecular formula is C11H23N3O3S. The lowest BCUT2D eigenvalue weighted by Crippen LogP contribution is -2.46.